The molecule has 1 fully saturated rings. The Hall–Kier alpha value is -0.610. The van der Waals surface area contributed by atoms with Gasteiger partial charge in [0.2, 0.25) is 0 Å². The molecular formula is C8H10BrN3. The van der Waals surface area contributed by atoms with Crippen LogP contribution in [0.15, 0.2) is 16.7 Å². The maximum atomic E-state index is 6.00. The molecule has 0 spiro atoms. The summed E-state index contributed by atoms with van der Waals surface area (Å²) < 4.78 is 0.934. The number of nitrogens with two attached hydrogens (primary N) is 2. The van der Waals surface area contributed by atoms with Crippen LogP contribution in [0, 0.1) is 0 Å². The van der Waals surface area contributed by atoms with Gasteiger partial charge in [-0.15, -0.1) is 0 Å². The van der Waals surface area contributed by atoms with E-state index >= 15 is 0 Å². The number of hydrogen-bond acceptors (Lipinski definition) is 3. The van der Waals surface area contributed by atoms with Crippen LogP contribution in [0.5, 0.6) is 0 Å². The number of hydrogen-bond donors (Lipinski definition) is 2. The van der Waals surface area contributed by atoms with Gasteiger partial charge in [-0.2, -0.15) is 0 Å². The quantitative estimate of drug-likeness (QED) is 0.762. The van der Waals surface area contributed by atoms with Gasteiger partial charge >= 0.3 is 0 Å². The summed E-state index contributed by atoms with van der Waals surface area (Å²) in [6.07, 6.45) is 3.70. The van der Waals surface area contributed by atoms with E-state index in [1.807, 2.05) is 6.07 Å². The van der Waals surface area contributed by atoms with E-state index < -0.39 is 0 Å². The standard InChI is InChI=1S/C8H10BrN3/c9-5-3-6(7(10)12-4-5)8(11)1-2-8/h3-4H,1-2,11H2,(H2,10,12). The van der Waals surface area contributed by atoms with Crippen molar-refractivity contribution in [2.75, 3.05) is 5.73 Å². The van der Waals surface area contributed by atoms with Gasteiger partial charge in [-0.1, -0.05) is 0 Å². The SMILES string of the molecule is Nc1ncc(Br)cc1C1(N)CC1. The third-order valence-corrected chi connectivity index (χ3v) is 2.64. The van der Waals surface area contributed by atoms with Gasteiger partial charge in [-0.25, -0.2) is 4.98 Å². The summed E-state index contributed by atoms with van der Waals surface area (Å²) in [5.74, 6) is 0.554. The van der Waals surface area contributed by atoms with Gasteiger partial charge in [0.25, 0.3) is 0 Å². The average Bonchev–Trinajstić information content (AvgIpc) is 2.75. The fraction of sp³-hybridized carbons (Fsp3) is 0.375. The average molecular weight is 228 g/mol. The minimum atomic E-state index is -0.194. The Morgan fingerprint density at radius 3 is 2.75 bits per heavy atom. The van der Waals surface area contributed by atoms with Crippen molar-refractivity contribution >= 4 is 21.7 Å². The largest absolute Gasteiger partial charge is 0.383 e. The highest BCUT2D eigenvalue weighted by molar-refractivity contribution is 9.10. The molecule has 1 saturated carbocycles. The molecule has 64 valence electrons. The van der Waals surface area contributed by atoms with E-state index in [9.17, 15) is 0 Å². The van der Waals surface area contributed by atoms with Gasteiger partial charge < -0.3 is 11.5 Å². The van der Waals surface area contributed by atoms with Gasteiger partial charge in [-0.3, -0.25) is 0 Å². The molecule has 0 aliphatic heterocycles. The molecule has 0 aromatic carbocycles. The molecule has 4 heteroatoms. The van der Waals surface area contributed by atoms with Crippen LogP contribution in [0.3, 0.4) is 0 Å². The Morgan fingerprint density at radius 2 is 2.17 bits per heavy atom. The van der Waals surface area contributed by atoms with Crippen LogP contribution in [-0.4, -0.2) is 4.98 Å². The third kappa shape index (κ3) is 1.21. The Kier molecular flexibility index (Phi) is 1.63. The third-order valence-electron chi connectivity index (χ3n) is 2.21. The number of rotatable bonds is 1. The van der Waals surface area contributed by atoms with Crippen molar-refractivity contribution in [3.8, 4) is 0 Å². The Bertz CT molecular complexity index is 320. The number of nitrogen functional groups attached to an aromatic ring is 1. The number of anilines is 1. The Labute approximate surface area is 79.3 Å². The molecule has 1 aromatic heterocycles. The summed E-state index contributed by atoms with van der Waals surface area (Å²) in [7, 11) is 0. The minimum absolute atomic E-state index is 0.194. The highest BCUT2D eigenvalue weighted by Crippen LogP contribution is 2.44. The number of aromatic nitrogens is 1. The lowest BCUT2D eigenvalue weighted by molar-refractivity contribution is 0.738. The number of pyridine rings is 1. The summed E-state index contributed by atoms with van der Waals surface area (Å²) in [5.41, 5.74) is 12.5. The molecule has 2 rings (SSSR count). The predicted octanol–water partition coefficient (Wildman–Crippen LogP) is 1.37. The summed E-state index contributed by atoms with van der Waals surface area (Å²) >= 11 is 3.34. The minimum Gasteiger partial charge on any atom is -0.383 e. The second-order valence-electron chi connectivity index (χ2n) is 3.24. The lowest BCUT2D eigenvalue weighted by Crippen LogP contribution is -2.20. The van der Waals surface area contributed by atoms with Crippen LogP contribution in [0.2, 0.25) is 0 Å². The Balaban J connectivity index is 2.48. The summed E-state index contributed by atoms with van der Waals surface area (Å²) in [6, 6.07) is 1.95. The van der Waals surface area contributed by atoms with E-state index in [1.165, 1.54) is 0 Å². The van der Waals surface area contributed by atoms with Crippen LogP contribution < -0.4 is 11.5 Å². The smallest absolute Gasteiger partial charge is 0.128 e. The zero-order valence-corrected chi connectivity index (χ0v) is 8.13. The van der Waals surface area contributed by atoms with Gasteiger partial charge in [0.15, 0.2) is 0 Å². The van der Waals surface area contributed by atoms with Crippen molar-refractivity contribution in [2.24, 2.45) is 5.73 Å². The molecule has 0 unspecified atom stereocenters. The van der Waals surface area contributed by atoms with E-state index in [1.54, 1.807) is 6.20 Å². The molecule has 1 heterocycles. The summed E-state index contributed by atoms with van der Waals surface area (Å²) in [5, 5.41) is 0. The highest BCUT2D eigenvalue weighted by atomic mass is 79.9. The molecule has 4 N–H and O–H groups in total. The topological polar surface area (TPSA) is 64.9 Å². The molecule has 0 bridgehead atoms. The second kappa shape index (κ2) is 2.44. The van der Waals surface area contributed by atoms with Gasteiger partial charge in [0.05, 0.1) is 0 Å². The Morgan fingerprint density at radius 1 is 1.50 bits per heavy atom. The normalized spacial score (nSPS) is 19.2. The first-order valence-electron chi connectivity index (χ1n) is 3.82. The van der Waals surface area contributed by atoms with Crippen molar-refractivity contribution in [3.05, 3.63) is 22.3 Å². The van der Waals surface area contributed by atoms with Crippen LogP contribution in [-0.2, 0) is 5.54 Å². The van der Waals surface area contributed by atoms with Crippen molar-refractivity contribution in [1.29, 1.82) is 0 Å². The van der Waals surface area contributed by atoms with Crippen molar-refractivity contribution in [2.45, 2.75) is 18.4 Å². The zero-order valence-electron chi connectivity index (χ0n) is 6.55. The molecule has 0 atom stereocenters. The highest BCUT2D eigenvalue weighted by Gasteiger charge is 2.41. The van der Waals surface area contributed by atoms with E-state index in [0.29, 0.717) is 5.82 Å². The monoisotopic (exact) mass is 227 g/mol. The molecule has 1 aliphatic carbocycles. The van der Waals surface area contributed by atoms with Crippen LogP contribution in [0.4, 0.5) is 5.82 Å². The fourth-order valence-corrected chi connectivity index (χ4v) is 1.58. The van der Waals surface area contributed by atoms with Crippen LogP contribution in [0.1, 0.15) is 18.4 Å². The van der Waals surface area contributed by atoms with E-state index in [0.717, 1.165) is 22.9 Å². The number of nitrogens with zero attached hydrogens (tertiary/aromatic N) is 1. The molecule has 0 saturated heterocycles. The molecule has 0 amide bonds. The summed E-state index contributed by atoms with van der Waals surface area (Å²) in [6.45, 7) is 0. The second-order valence-corrected chi connectivity index (χ2v) is 4.16. The first-order valence-corrected chi connectivity index (χ1v) is 4.61. The van der Waals surface area contributed by atoms with Gasteiger partial charge in [0, 0.05) is 21.8 Å². The maximum absolute atomic E-state index is 6.00. The number of halogens is 1. The van der Waals surface area contributed by atoms with Crippen LogP contribution in [0.25, 0.3) is 0 Å². The lowest BCUT2D eigenvalue weighted by Gasteiger charge is -2.11. The maximum Gasteiger partial charge on any atom is 0.128 e. The zero-order chi connectivity index (χ0) is 8.77. The fourth-order valence-electron chi connectivity index (χ4n) is 1.25. The van der Waals surface area contributed by atoms with E-state index in [-0.39, 0.29) is 5.54 Å². The predicted molar refractivity (Wildman–Crippen MR) is 51.4 cm³/mol. The first kappa shape index (κ1) is 8.01. The van der Waals surface area contributed by atoms with Crippen molar-refractivity contribution in [3.63, 3.8) is 0 Å². The molecule has 1 aliphatic rings. The summed E-state index contributed by atoms with van der Waals surface area (Å²) in [4.78, 5) is 4.04. The van der Waals surface area contributed by atoms with Crippen LogP contribution >= 0.6 is 15.9 Å². The molecule has 1 aromatic rings. The first-order chi connectivity index (χ1) is 5.62. The van der Waals surface area contributed by atoms with Crippen molar-refractivity contribution < 1.29 is 0 Å². The molecule has 0 radical (unpaired) electrons. The molecule has 3 nitrogen and oxygen atoms in total. The van der Waals surface area contributed by atoms with E-state index in [2.05, 4.69) is 20.9 Å². The van der Waals surface area contributed by atoms with Crippen molar-refractivity contribution in [1.82, 2.24) is 4.98 Å². The molecular weight excluding hydrogens is 218 g/mol. The van der Waals surface area contributed by atoms with Gasteiger partial charge in [0.1, 0.15) is 5.82 Å². The molecule has 12 heavy (non-hydrogen) atoms. The van der Waals surface area contributed by atoms with E-state index in [4.69, 9.17) is 11.5 Å². The van der Waals surface area contributed by atoms with Gasteiger partial charge in [-0.05, 0) is 34.8 Å². The lowest BCUT2D eigenvalue weighted by atomic mass is 10.1.